The molecule has 0 radical (unpaired) electrons. The van der Waals surface area contributed by atoms with Crippen LogP contribution in [0.4, 0.5) is 0 Å². The molecule has 0 bridgehead atoms. The highest BCUT2D eigenvalue weighted by molar-refractivity contribution is 5.96. The molecule has 1 aromatic heterocycles. The summed E-state index contributed by atoms with van der Waals surface area (Å²) in [5.41, 5.74) is 7.82. The van der Waals surface area contributed by atoms with Gasteiger partial charge in [-0.15, -0.1) is 0 Å². The van der Waals surface area contributed by atoms with Gasteiger partial charge in [-0.25, -0.2) is 0 Å². The topological polar surface area (TPSA) is 83.8 Å². The number of nitrogens with two attached hydrogens (primary N) is 1. The van der Waals surface area contributed by atoms with E-state index in [1.54, 1.807) is 0 Å². The second-order valence-electron chi connectivity index (χ2n) is 4.95. The van der Waals surface area contributed by atoms with E-state index < -0.39 is 0 Å². The zero-order chi connectivity index (χ0) is 12.5. The third kappa shape index (κ3) is 2.20. The van der Waals surface area contributed by atoms with Crippen LogP contribution in [0.5, 0.6) is 0 Å². The van der Waals surface area contributed by atoms with Gasteiger partial charge in [0.1, 0.15) is 0 Å². The molecule has 0 spiro atoms. The normalized spacial score (nSPS) is 18.3. The SMILES string of the molecule is Cc1n[nH]c(C)c1C(=O)NC1(CN)CCCC1. The van der Waals surface area contributed by atoms with E-state index in [1.165, 1.54) is 0 Å². The van der Waals surface area contributed by atoms with Gasteiger partial charge in [0, 0.05) is 12.2 Å². The van der Waals surface area contributed by atoms with E-state index >= 15 is 0 Å². The minimum Gasteiger partial charge on any atom is -0.345 e. The molecule has 1 aliphatic carbocycles. The second kappa shape index (κ2) is 4.49. The van der Waals surface area contributed by atoms with Gasteiger partial charge in [0.05, 0.1) is 16.8 Å². The quantitative estimate of drug-likeness (QED) is 0.733. The molecule has 1 saturated carbocycles. The Balaban J connectivity index is 2.16. The number of H-pyrrole nitrogens is 1. The Bertz CT molecular complexity index is 399. The number of rotatable bonds is 3. The standard InChI is InChI=1S/C12H20N4O/c1-8-10(9(2)16-15-8)11(17)14-12(7-13)5-3-4-6-12/h3-7,13H2,1-2H3,(H,14,17)(H,15,16). The molecule has 1 aromatic rings. The van der Waals surface area contributed by atoms with Crippen LogP contribution in [0.15, 0.2) is 0 Å². The first kappa shape index (κ1) is 12.1. The lowest BCUT2D eigenvalue weighted by atomic mass is 9.97. The van der Waals surface area contributed by atoms with Crippen LogP contribution in [0.3, 0.4) is 0 Å². The van der Waals surface area contributed by atoms with Crippen molar-refractivity contribution in [3.05, 3.63) is 17.0 Å². The van der Waals surface area contributed by atoms with Gasteiger partial charge in [0.15, 0.2) is 0 Å². The number of nitrogens with one attached hydrogen (secondary N) is 2. The van der Waals surface area contributed by atoms with Gasteiger partial charge in [-0.1, -0.05) is 12.8 Å². The Morgan fingerprint density at radius 2 is 2.12 bits per heavy atom. The smallest absolute Gasteiger partial charge is 0.255 e. The average molecular weight is 236 g/mol. The molecular weight excluding hydrogens is 216 g/mol. The predicted molar refractivity (Wildman–Crippen MR) is 65.8 cm³/mol. The van der Waals surface area contributed by atoms with Crippen molar-refractivity contribution in [1.29, 1.82) is 0 Å². The Hall–Kier alpha value is -1.36. The molecule has 1 heterocycles. The summed E-state index contributed by atoms with van der Waals surface area (Å²) in [5.74, 6) is -0.0545. The molecule has 0 atom stereocenters. The fourth-order valence-corrected chi connectivity index (χ4v) is 2.62. The first-order chi connectivity index (χ1) is 8.08. The molecule has 5 heteroatoms. The van der Waals surface area contributed by atoms with E-state index in [0.29, 0.717) is 12.1 Å². The van der Waals surface area contributed by atoms with E-state index in [-0.39, 0.29) is 11.4 Å². The van der Waals surface area contributed by atoms with Gasteiger partial charge < -0.3 is 11.1 Å². The predicted octanol–water partition coefficient (Wildman–Crippen LogP) is 1.03. The van der Waals surface area contributed by atoms with E-state index in [2.05, 4.69) is 15.5 Å². The summed E-state index contributed by atoms with van der Waals surface area (Å²) in [5, 5.41) is 9.98. The van der Waals surface area contributed by atoms with Crippen molar-refractivity contribution in [3.8, 4) is 0 Å². The molecule has 0 aliphatic heterocycles. The van der Waals surface area contributed by atoms with Crippen molar-refractivity contribution in [2.75, 3.05) is 6.54 Å². The van der Waals surface area contributed by atoms with Crippen LogP contribution >= 0.6 is 0 Å². The monoisotopic (exact) mass is 236 g/mol. The summed E-state index contributed by atoms with van der Waals surface area (Å²) < 4.78 is 0. The summed E-state index contributed by atoms with van der Waals surface area (Å²) in [6.45, 7) is 4.20. The second-order valence-corrected chi connectivity index (χ2v) is 4.95. The van der Waals surface area contributed by atoms with Crippen molar-refractivity contribution >= 4 is 5.91 Å². The number of aryl methyl sites for hydroxylation is 2. The number of carbonyl (C=O) groups is 1. The zero-order valence-electron chi connectivity index (χ0n) is 10.5. The van der Waals surface area contributed by atoms with Gasteiger partial charge >= 0.3 is 0 Å². The maximum absolute atomic E-state index is 12.2. The zero-order valence-corrected chi connectivity index (χ0v) is 10.5. The third-order valence-electron chi connectivity index (χ3n) is 3.69. The number of hydrogen-bond donors (Lipinski definition) is 3. The summed E-state index contributed by atoms with van der Waals surface area (Å²) in [6, 6.07) is 0. The summed E-state index contributed by atoms with van der Waals surface area (Å²) in [4.78, 5) is 12.2. The van der Waals surface area contributed by atoms with Crippen molar-refractivity contribution in [2.45, 2.75) is 45.1 Å². The van der Waals surface area contributed by atoms with E-state index in [1.807, 2.05) is 13.8 Å². The fourth-order valence-electron chi connectivity index (χ4n) is 2.62. The number of amides is 1. The van der Waals surface area contributed by atoms with E-state index in [0.717, 1.165) is 37.1 Å². The first-order valence-corrected chi connectivity index (χ1v) is 6.12. The van der Waals surface area contributed by atoms with Crippen LogP contribution in [0.1, 0.15) is 47.4 Å². The van der Waals surface area contributed by atoms with Crippen molar-refractivity contribution in [1.82, 2.24) is 15.5 Å². The van der Waals surface area contributed by atoms with Crippen LogP contribution in [-0.2, 0) is 0 Å². The molecule has 94 valence electrons. The summed E-state index contributed by atoms with van der Waals surface area (Å²) in [6.07, 6.45) is 4.23. The molecule has 0 unspecified atom stereocenters. The highest BCUT2D eigenvalue weighted by Crippen LogP contribution is 2.29. The van der Waals surface area contributed by atoms with E-state index in [4.69, 9.17) is 5.73 Å². The Morgan fingerprint density at radius 3 is 2.59 bits per heavy atom. The maximum Gasteiger partial charge on any atom is 0.255 e. The van der Waals surface area contributed by atoms with Crippen LogP contribution in [0.25, 0.3) is 0 Å². The number of hydrogen-bond acceptors (Lipinski definition) is 3. The lowest BCUT2D eigenvalue weighted by molar-refractivity contribution is 0.0902. The molecular formula is C12H20N4O. The largest absolute Gasteiger partial charge is 0.345 e. The molecule has 1 amide bonds. The molecule has 5 nitrogen and oxygen atoms in total. The van der Waals surface area contributed by atoms with Crippen molar-refractivity contribution in [3.63, 3.8) is 0 Å². The van der Waals surface area contributed by atoms with Gasteiger partial charge in [-0.2, -0.15) is 5.10 Å². The van der Waals surface area contributed by atoms with Crippen LogP contribution < -0.4 is 11.1 Å². The van der Waals surface area contributed by atoms with Crippen LogP contribution in [0, 0.1) is 13.8 Å². The lowest BCUT2D eigenvalue weighted by Gasteiger charge is -2.28. The maximum atomic E-state index is 12.2. The minimum atomic E-state index is -0.201. The van der Waals surface area contributed by atoms with Gasteiger partial charge in [0.25, 0.3) is 5.91 Å². The molecule has 4 N–H and O–H groups in total. The third-order valence-corrected chi connectivity index (χ3v) is 3.69. The van der Waals surface area contributed by atoms with Gasteiger partial charge in [-0.3, -0.25) is 9.89 Å². The Morgan fingerprint density at radius 1 is 1.47 bits per heavy atom. The molecule has 0 saturated heterocycles. The first-order valence-electron chi connectivity index (χ1n) is 6.12. The number of aromatic amines is 1. The summed E-state index contributed by atoms with van der Waals surface area (Å²) >= 11 is 0. The minimum absolute atomic E-state index is 0.0545. The Labute approximate surface area is 101 Å². The van der Waals surface area contributed by atoms with Gasteiger partial charge in [0.2, 0.25) is 0 Å². The summed E-state index contributed by atoms with van der Waals surface area (Å²) in [7, 11) is 0. The van der Waals surface area contributed by atoms with Crippen LogP contribution in [-0.4, -0.2) is 28.2 Å². The number of aromatic nitrogens is 2. The molecule has 2 rings (SSSR count). The molecule has 0 aromatic carbocycles. The number of carbonyl (C=O) groups excluding carboxylic acids is 1. The Kier molecular flexibility index (Phi) is 3.19. The van der Waals surface area contributed by atoms with E-state index in [9.17, 15) is 4.79 Å². The average Bonchev–Trinajstić information content (AvgIpc) is 2.87. The molecule has 17 heavy (non-hydrogen) atoms. The number of nitrogens with zero attached hydrogens (tertiary/aromatic N) is 1. The van der Waals surface area contributed by atoms with Crippen LogP contribution in [0.2, 0.25) is 0 Å². The fraction of sp³-hybridized carbons (Fsp3) is 0.667. The molecule has 1 aliphatic rings. The highest BCUT2D eigenvalue weighted by Gasteiger charge is 2.34. The highest BCUT2D eigenvalue weighted by atomic mass is 16.1. The van der Waals surface area contributed by atoms with Gasteiger partial charge in [-0.05, 0) is 26.7 Å². The molecule has 1 fully saturated rings. The van der Waals surface area contributed by atoms with Crippen molar-refractivity contribution in [2.24, 2.45) is 5.73 Å². The lowest BCUT2D eigenvalue weighted by Crippen LogP contribution is -2.51. The van der Waals surface area contributed by atoms with Crippen molar-refractivity contribution < 1.29 is 4.79 Å².